The summed E-state index contributed by atoms with van der Waals surface area (Å²) in [5.74, 6) is 0.998. The summed E-state index contributed by atoms with van der Waals surface area (Å²) in [6.07, 6.45) is 5.55. The first-order valence-electron chi connectivity index (χ1n) is 6.19. The molecule has 1 saturated heterocycles. The maximum atomic E-state index is 2.67. The second-order valence-electron chi connectivity index (χ2n) is 5.03. The van der Waals surface area contributed by atoms with Crippen LogP contribution < -0.4 is 4.90 Å². The Morgan fingerprint density at radius 2 is 2.13 bits per heavy atom. The molecule has 0 unspecified atom stereocenters. The van der Waals surface area contributed by atoms with Gasteiger partial charge in [-0.3, -0.25) is 0 Å². The smallest absolute Gasteiger partial charge is 0.0435 e. The monoisotopic (exact) mass is 201 g/mol. The molecule has 0 radical (unpaired) electrons. The average molecular weight is 201 g/mol. The van der Waals surface area contributed by atoms with Crippen LogP contribution in [0, 0.1) is 5.92 Å². The molecule has 0 amide bonds. The van der Waals surface area contributed by atoms with Gasteiger partial charge in [0.05, 0.1) is 0 Å². The van der Waals surface area contributed by atoms with E-state index >= 15 is 0 Å². The fourth-order valence-corrected chi connectivity index (χ4v) is 3.44. The quantitative estimate of drug-likeness (QED) is 0.724. The van der Waals surface area contributed by atoms with Crippen molar-refractivity contribution in [3.63, 3.8) is 0 Å². The number of benzene rings is 1. The fourth-order valence-electron chi connectivity index (χ4n) is 3.44. The third kappa shape index (κ3) is 1.29. The minimum absolute atomic E-state index is 0.566. The summed E-state index contributed by atoms with van der Waals surface area (Å²) in [6, 6.07) is 10.9. The molecular weight excluding hydrogens is 182 g/mol. The highest BCUT2D eigenvalue weighted by Crippen LogP contribution is 2.59. The summed E-state index contributed by atoms with van der Waals surface area (Å²) in [7, 11) is 0. The Morgan fingerprint density at radius 1 is 1.33 bits per heavy atom. The lowest BCUT2D eigenvalue weighted by Gasteiger charge is -2.30. The zero-order chi connectivity index (χ0) is 10.3. The van der Waals surface area contributed by atoms with Crippen LogP contribution in [0.2, 0.25) is 0 Å². The van der Waals surface area contributed by atoms with Crippen molar-refractivity contribution in [2.24, 2.45) is 5.92 Å². The van der Waals surface area contributed by atoms with Crippen LogP contribution in [0.15, 0.2) is 30.3 Å². The van der Waals surface area contributed by atoms with Gasteiger partial charge in [0.2, 0.25) is 0 Å². The zero-order valence-electron chi connectivity index (χ0n) is 9.45. The molecule has 0 spiro atoms. The molecule has 1 aromatic carbocycles. The van der Waals surface area contributed by atoms with Gasteiger partial charge in [0.25, 0.3) is 0 Å². The van der Waals surface area contributed by atoms with Crippen LogP contribution in [-0.4, -0.2) is 12.1 Å². The standard InChI is InChI=1S/C14H19N/c1-2-9-14-11-12(14)8-10-15(14)13-6-4-3-5-7-13/h3-7,12H,2,8-11H2,1H3/t12-,14+/m0/s1. The van der Waals surface area contributed by atoms with Gasteiger partial charge in [0.1, 0.15) is 0 Å². The second kappa shape index (κ2) is 3.26. The van der Waals surface area contributed by atoms with Gasteiger partial charge in [-0.2, -0.15) is 0 Å². The zero-order valence-corrected chi connectivity index (χ0v) is 9.45. The van der Waals surface area contributed by atoms with E-state index < -0.39 is 0 Å². The van der Waals surface area contributed by atoms with Gasteiger partial charge < -0.3 is 4.90 Å². The van der Waals surface area contributed by atoms with E-state index in [0.717, 1.165) is 5.92 Å². The highest BCUT2D eigenvalue weighted by Gasteiger charge is 2.60. The Labute approximate surface area is 92.1 Å². The van der Waals surface area contributed by atoms with E-state index in [-0.39, 0.29) is 0 Å². The molecule has 80 valence electrons. The minimum atomic E-state index is 0.566. The van der Waals surface area contributed by atoms with Gasteiger partial charge in [-0.05, 0) is 37.3 Å². The van der Waals surface area contributed by atoms with E-state index in [1.807, 2.05) is 0 Å². The maximum absolute atomic E-state index is 2.67. The fraction of sp³-hybridized carbons (Fsp3) is 0.571. The number of rotatable bonds is 3. The Hall–Kier alpha value is -0.980. The predicted octanol–water partition coefficient (Wildman–Crippen LogP) is 3.46. The molecule has 0 aromatic heterocycles. The Balaban J connectivity index is 1.88. The molecule has 2 atom stereocenters. The number of anilines is 1. The maximum Gasteiger partial charge on any atom is 0.0435 e. The topological polar surface area (TPSA) is 3.24 Å². The lowest BCUT2D eigenvalue weighted by atomic mass is 10.1. The highest BCUT2D eigenvalue weighted by atomic mass is 15.3. The summed E-state index contributed by atoms with van der Waals surface area (Å²) in [6.45, 7) is 3.58. The van der Waals surface area contributed by atoms with Crippen molar-refractivity contribution in [3.8, 4) is 0 Å². The number of hydrogen-bond acceptors (Lipinski definition) is 1. The summed E-state index contributed by atoms with van der Waals surface area (Å²) >= 11 is 0. The van der Waals surface area contributed by atoms with E-state index in [1.54, 1.807) is 0 Å². The SMILES string of the molecule is CCC[C@@]12C[C@@H]1CCN2c1ccccc1. The molecular formula is C14H19N. The van der Waals surface area contributed by atoms with Crippen molar-refractivity contribution < 1.29 is 0 Å². The molecule has 0 N–H and O–H groups in total. The first kappa shape index (κ1) is 9.26. The largest absolute Gasteiger partial charge is 0.366 e. The molecule has 1 heteroatoms. The van der Waals surface area contributed by atoms with Gasteiger partial charge in [-0.15, -0.1) is 0 Å². The molecule has 1 aromatic rings. The van der Waals surface area contributed by atoms with E-state index in [9.17, 15) is 0 Å². The molecule has 1 nitrogen and oxygen atoms in total. The van der Waals surface area contributed by atoms with E-state index in [0.29, 0.717) is 5.54 Å². The first-order chi connectivity index (χ1) is 7.37. The number of nitrogens with zero attached hydrogens (tertiary/aromatic N) is 1. The van der Waals surface area contributed by atoms with Crippen molar-refractivity contribution in [2.75, 3.05) is 11.4 Å². The lowest BCUT2D eigenvalue weighted by Crippen LogP contribution is -2.34. The van der Waals surface area contributed by atoms with E-state index in [4.69, 9.17) is 0 Å². The molecule has 0 bridgehead atoms. The van der Waals surface area contributed by atoms with Crippen molar-refractivity contribution in [1.29, 1.82) is 0 Å². The van der Waals surface area contributed by atoms with Gasteiger partial charge >= 0.3 is 0 Å². The molecule has 1 heterocycles. The predicted molar refractivity (Wildman–Crippen MR) is 64.2 cm³/mol. The lowest BCUT2D eigenvalue weighted by molar-refractivity contribution is 0.559. The molecule has 1 aliphatic heterocycles. The first-order valence-corrected chi connectivity index (χ1v) is 6.19. The summed E-state index contributed by atoms with van der Waals surface area (Å²) in [5.41, 5.74) is 2.00. The number of piperidine rings is 1. The van der Waals surface area contributed by atoms with Gasteiger partial charge in [-0.1, -0.05) is 31.5 Å². The van der Waals surface area contributed by atoms with Crippen LogP contribution in [-0.2, 0) is 0 Å². The number of para-hydroxylation sites is 1. The van der Waals surface area contributed by atoms with Gasteiger partial charge in [-0.25, -0.2) is 0 Å². The van der Waals surface area contributed by atoms with E-state index in [2.05, 4.69) is 42.2 Å². The molecule has 1 saturated carbocycles. The van der Waals surface area contributed by atoms with Crippen LogP contribution in [0.1, 0.15) is 32.6 Å². The van der Waals surface area contributed by atoms with Gasteiger partial charge in [0, 0.05) is 17.8 Å². The normalized spacial score (nSPS) is 32.9. The summed E-state index contributed by atoms with van der Waals surface area (Å²) < 4.78 is 0. The third-order valence-corrected chi connectivity index (χ3v) is 4.19. The third-order valence-electron chi connectivity index (χ3n) is 4.19. The molecule has 3 rings (SSSR count). The van der Waals surface area contributed by atoms with Crippen molar-refractivity contribution in [1.82, 2.24) is 0 Å². The van der Waals surface area contributed by atoms with E-state index in [1.165, 1.54) is 37.9 Å². The molecule has 2 fully saturated rings. The summed E-state index contributed by atoms with van der Waals surface area (Å²) in [5, 5.41) is 0. The molecule has 15 heavy (non-hydrogen) atoms. The Kier molecular flexibility index (Phi) is 2.01. The summed E-state index contributed by atoms with van der Waals surface area (Å²) in [4.78, 5) is 2.67. The average Bonchev–Trinajstić information content (AvgIpc) is 2.86. The number of fused-ring (bicyclic) bond motifs is 1. The number of hydrogen-bond donors (Lipinski definition) is 0. The van der Waals surface area contributed by atoms with Crippen LogP contribution in [0.4, 0.5) is 5.69 Å². The van der Waals surface area contributed by atoms with Gasteiger partial charge in [0.15, 0.2) is 0 Å². The van der Waals surface area contributed by atoms with Crippen LogP contribution >= 0.6 is 0 Å². The molecule has 1 aliphatic carbocycles. The Bertz CT molecular complexity index is 346. The van der Waals surface area contributed by atoms with Crippen molar-refractivity contribution in [2.45, 2.75) is 38.1 Å². The Morgan fingerprint density at radius 3 is 2.80 bits per heavy atom. The highest BCUT2D eigenvalue weighted by molar-refractivity contribution is 5.53. The minimum Gasteiger partial charge on any atom is -0.366 e. The molecule has 2 aliphatic rings. The van der Waals surface area contributed by atoms with Crippen molar-refractivity contribution in [3.05, 3.63) is 30.3 Å². The van der Waals surface area contributed by atoms with Crippen LogP contribution in [0.25, 0.3) is 0 Å². The van der Waals surface area contributed by atoms with Crippen LogP contribution in [0.3, 0.4) is 0 Å². The second-order valence-corrected chi connectivity index (χ2v) is 5.03. The van der Waals surface area contributed by atoms with Crippen LogP contribution in [0.5, 0.6) is 0 Å². The van der Waals surface area contributed by atoms with Crippen molar-refractivity contribution >= 4 is 5.69 Å².